The topological polar surface area (TPSA) is 12.5 Å². The van der Waals surface area contributed by atoms with Gasteiger partial charge >= 0.3 is 6.18 Å². The fraction of sp³-hybridized carbons (Fsp3) is 0.571. The molecule has 1 heterocycles. The number of hydrogen-bond donors (Lipinski definition) is 0. The van der Waals surface area contributed by atoms with E-state index in [9.17, 15) is 13.2 Å². The van der Waals surface area contributed by atoms with E-state index in [1.165, 1.54) is 12.1 Å². The molecular formula is C14H18F3NO. The summed E-state index contributed by atoms with van der Waals surface area (Å²) in [5, 5.41) is 0. The van der Waals surface area contributed by atoms with Crippen LogP contribution < -0.4 is 0 Å². The highest BCUT2D eigenvalue weighted by Crippen LogP contribution is 2.29. The third-order valence-electron chi connectivity index (χ3n) is 3.45. The zero-order valence-electron chi connectivity index (χ0n) is 10.9. The van der Waals surface area contributed by atoms with Gasteiger partial charge in [0.15, 0.2) is 0 Å². The molecule has 0 aromatic heterocycles. The molecule has 1 atom stereocenters. The average Bonchev–Trinajstić information content (AvgIpc) is 2.39. The molecule has 0 bridgehead atoms. The second kappa shape index (κ2) is 5.92. The van der Waals surface area contributed by atoms with Crippen LogP contribution in [0.4, 0.5) is 13.2 Å². The van der Waals surface area contributed by atoms with Gasteiger partial charge in [-0.2, -0.15) is 13.2 Å². The molecule has 1 aromatic carbocycles. The van der Waals surface area contributed by atoms with Gasteiger partial charge in [-0.1, -0.05) is 18.2 Å². The Balaban J connectivity index is 2.02. The Labute approximate surface area is 111 Å². The predicted molar refractivity (Wildman–Crippen MR) is 67.0 cm³/mol. The van der Waals surface area contributed by atoms with Gasteiger partial charge in [-0.05, 0) is 25.0 Å². The summed E-state index contributed by atoms with van der Waals surface area (Å²) < 4.78 is 43.2. The van der Waals surface area contributed by atoms with Gasteiger partial charge in [-0.3, -0.25) is 4.90 Å². The molecule has 2 rings (SSSR count). The number of halogens is 3. The van der Waals surface area contributed by atoms with Crippen molar-refractivity contribution in [3.8, 4) is 0 Å². The summed E-state index contributed by atoms with van der Waals surface area (Å²) in [7, 11) is 0. The van der Waals surface area contributed by atoms with Gasteiger partial charge in [0.1, 0.15) is 0 Å². The molecule has 0 N–H and O–H groups in total. The molecule has 106 valence electrons. The van der Waals surface area contributed by atoms with Crippen LogP contribution in [-0.4, -0.2) is 37.2 Å². The van der Waals surface area contributed by atoms with Crippen LogP contribution >= 0.6 is 0 Å². The molecule has 0 aliphatic carbocycles. The van der Waals surface area contributed by atoms with Crippen LogP contribution in [-0.2, 0) is 17.3 Å². The molecule has 0 unspecified atom stereocenters. The fourth-order valence-electron chi connectivity index (χ4n) is 2.36. The lowest BCUT2D eigenvalue weighted by atomic mass is 10.0. The van der Waals surface area contributed by atoms with Crippen LogP contribution in [0.3, 0.4) is 0 Å². The minimum absolute atomic E-state index is 0.229. The molecular weight excluding hydrogens is 255 g/mol. The maximum atomic E-state index is 12.6. The molecule has 0 amide bonds. The van der Waals surface area contributed by atoms with E-state index in [4.69, 9.17) is 4.74 Å². The van der Waals surface area contributed by atoms with Crippen molar-refractivity contribution in [2.24, 2.45) is 0 Å². The minimum atomic E-state index is -4.27. The normalized spacial score (nSPS) is 19.4. The fourth-order valence-corrected chi connectivity index (χ4v) is 2.36. The van der Waals surface area contributed by atoms with Crippen molar-refractivity contribution in [1.29, 1.82) is 0 Å². The van der Waals surface area contributed by atoms with Gasteiger partial charge < -0.3 is 4.74 Å². The Morgan fingerprint density at radius 2 is 1.95 bits per heavy atom. The lowest BCUT2D eigenvalue weighted by molar-refractivity contribution is -0.137. The monoisotopic (exact) mass is 273 g/mol. The van der Waals surface area contributed by atoms with Crippen molar-refractivity contribution in [3.63, 3.8) is 0 Å². The van der Waals surface area contributed by atoms with Gasteiger partial charge in [-0.25, -0.2) is 0 Å². The summed E-state index contributed by atoms with van der Waals surface area (Å²) in [5.41, 5.74) is 0.160. The van der Waals surface area contributed by atoms with Crippen molar-refractivity contribution in [2.45, 2.75) is 25.6 Å². The second-order valence-corrected chi connectivity index (χ2v) is 4.90. The van der Waals surface area contributed by atoms with E-state index in [-0.39, 0.29) is 6.04 Å². The average molecular weight is 273 g/mol. The van der Waals surface area contributed by atoms with Gasteiger partial charge in [0.25, 0.3) is 0 Å². The molecule has 0 radical (unpaired) electrons. The zero-order chi connectivity index (χ0) is 13.9. The molecule has 0 saturated carbocycles. The number of rotatable bonds is 3. The quantitative estimate of drug-likeness (QED) is 0.839. The molecule has 19 heavy (non-hydrogen) atoms. The summed E-state index contributed by atoms with van der Waals surface area (Å²) in [5.74, 6) is 0. The van der Waals surface area contributed by atoms with Crippen molar-refractivity contribution in [1.82, 2.24) is 4.90 Å². The molecule has 1 aliphatic rings. The van der Waals surface area contributed by atoms with Crippen LogP contribution in [0.5, 0.6) is 0 Å². The number of hydrogen-bond acceptors (Lipinski definition) is 2. The maximum absolute atomic E-state index is 12.6. The molecule has 1 aliphatic heterocycles. The molecule has 1 saturated heterocycles. The van der Waals surface area contributed by atoms with E-state index in [1.54, 1.807) is 6.07 Å². The van der Waals surface area contributed by atoms with E-state index < -0.39 is 11.7 Å². The smallest absolute Gasteiger partial charge is 0.379 e. The van der Waals surface area contributed by atoms with E-state index in [0.29, 0.717) is 19.6 Å². The van der Waals surface area contributed by atoms with Gasteiger partial charge in [0.05, 0.1) is 18.8 Å². The van der Waals surface area contributed by atoms with Gasteiger partial charge in [0, 0.05) is 19.1 Å². The summed E-state index contributed by atoms with van der Waals surface area (Å²) >= 11 is 0. The summed E-state index contributed by atoms with van der Waals surface area (Å²) in [6, 6.07) is 5.82. The molecule has 1 aromatic rings. The van der Waals surface area contributed by atoms with Gasteiger partial charge in [-0.15, -0.1) is 0 Å². The second-order valence-electron chi connectivity index (χ2n) is 4.90. The first-order valence-electron chi connectivity index (χ1n) is 6.45. The lowest BCUT2D eigenvalue weighted by Gasteiger charge is -2.32. The Hall–Kier alpha value is -1.07. The highest BCUT2D eigenvalue weighted by Gasteiger charge is 2.30. The minimum Gasteiger partial charge on any atom is -0.379 e. The number of alkyl halides is 3. The molecule has 5 heteroatoms. The largest absolute Gasteiger partial charge is 0.416 e. The van der Waals surface area contributed by atoms with Crippen molar-refractivity contribution >= 4 is 0 Å². The maximum Gasteiger partial charge on any atom is 0.416 e. The first-order valence-corrected chi connectivity index (χ1v) is 6.45. The molecule has 0 spiro atoms. The third-order valence-corrected chi connectivity index (χ3v) is 3.45. The van der Waals surface area contributed by atoms with E-state index >= 15 is 0 Å². The predicted octanol–water partition coefficient (Wildman–Crippen LogP) is 2.97. The summed E-state index contributed by atoms with van der Waals surface area (Å²) in [4.78, 5) is 2.25. The number of nitrogens with zero attached hydrogens (tertiary/aromatic N) is 1. The number of benzene rings is 1. The van der Waals surface area contributed by atoms with E-state index in [1.807, 2.05) is 6.92 Å². The van der Waals surface area contributed by atoms with Gasteiger partial charge in [0.2, 0.25) is 0 Å². The van der Waals surface area contributed by atoms with E-state index in [0.717, 1.165) is 24.7 Å². The zero-order valence-corrected chi connectivity index (χ0v) is 10.9. The Morgan fingerprint density at radius 3 is 2.58 bits per heavy atom. The SMILES string of the molecule is C[C@H](Cc1cccc(C(F)(F)F)c1)N1CCOCC1. The molecule has 1 fully saturated rings. The van der Waals surface area contributed by atoms with Crippen LogP contribution in [0.15, 0.2) is 24.3 Å². The highest BCUT2D eigenvalue weighted by atomic mass is 19.4. The third kappa shape index (κ3) is 3.94. The number of morpholine rings is 1. The summed E-state index contributed by atoms with van der Waals surface area (Å²) in [6.45, 7) is 5.14. The Bertz CT molecular complexity index is 413. The van der Waals surface area contributed by atoms with Crippen molar-refractivity contribution < 1.29 is 17.9 Å². The van der Waals surface area contributed by atoms with Crippen LogP contribution in [0, 0.1) is 0 Å². The molecule has 2 nitrogen and oxygen atoms in total. The van der Waals surface area contributed by atoms with Crippen molar-refractivity contribution in [2.75, 3.05) is 26.3 Å². The first kappa shape index (κ1) is 14.3. The Kier molecular flexibility index (Phi) is 4.47. The standard InChI is InChI=1S/C14H18F3NO/c1-11(18-5-7-19-8-6-18)9-12-3-2-4-13(10-12)14(15,16)17/h2-4,10-11H,5-9H2,1H3/t11-/m1/s1. The van der Waals surface area contributed by atoms with Crippen LogP contribution in [0.1, 0.15) is 18.1 Å². The Morgan fingerprint density at radius 1 is 1.26 bits per heavy atom. The number of ether oxygens (including phenoxy) is 1. The summed E-state index contributed by atoms with van der Waals surface area (Å²) in [6.07, 6.45) is -3.64. The highest BCUT2D eigenvalue weighted by molar-refractivity contribution is 5.26. The van der Waals surface area contributed by atoms with Crippen molar-refractivity contribution in [3.05, 3.63) is 35.4 Å². The van der Waals surface area contributed by atoms with Crippen LogP contribution in [0.2, 0.25) is 0 Å². The van der Waals surface area contributed by atoms with E-state index in [2.05, 4.69) is 4.90 Å². The van der Waals surface area contributed by atoms with Crippen LogP contribution in [0.25, 0.3) is 0 Å². The first-order chi connectivity index (χ1) is 8.97. The lowest BCUT2D eigenvalue weighted by Crippen LogP contribution is -2.43.